The number of benzene rings is 2. The molecule has 25 heavy (non-hydrogen) atoms. The Bertz CT molecular complexity index is 702. The lowest BCUT2D eigenvalue weighted by atomic mass is 10.2. The first-order valence-corrected chi connectivity index (χ1v) is 9.48. The molecule has 1 aliphatic heterocycles. The summed E-state index contributed by atoms with van der Waals surface area (Å²) in [6.07, 6.45) is 2.31. The number of nitrogens with one attached hydrogen (secondary N) is 1. The molecule has 132 valence electrons. The first kappa shape index (κ1) is 18.3. The minimum Gasteiger partial charge on any atom is -0.376 e. The second kappa shape index (κ2) is 8.74. The first-order valence-electron chi connectivity index (χ1n) is 8.28. The number of rotatable bonds is 5. The van der Waals surface area contributed by atoms with Crippen LogP contribution in [0.25, 0.3) is 0 Å². The van der Waals surface area contributed by atoms with Crippen molar-refractivity contribution in [3.63, 3.8) is 0 Å². The molecule has 1 fully saturated rings. The van der Waals surface area contributed by atoms with E-state index in [1.165, 1.54) is 12.1 Å². The van der Waals surface area contributed by atoms with Crippen molar-refractivity contribution in [1.29, 1.82) is 0 Å². The van der Waals surface area contributed by atoms with Crippen LogP contribution in [0.4, 0.5) is 10.1 Å². The predicted octanol–water partition coefficient (Wildman–Crippen LogP) is 4.97. The van der Waals surface area contributed by atoms with Crippen LogP contribution in [0.3, 0.4) is 0 Å². The molecule has 1 aliphatic rings. The van der Waals surface area contributed by atoms with Crippen LogP contribution < -0.4 is 5.32 Å². The molecule has 0 spiro atoms. The van der Waals surface area contributed by atoms with Gasteiger partial charge in [-0.2, -0.15) is 0 Å². The summed E-state index contributed by atoms with van der Waals surface area (Å²) in [6, 6.07) is 14.4. The first-order chi connectivity index (χ1) is 12.1. The van der Waals surface area contributed by atoms with Crippen LogP contribution >= 0.6 is 28.1 Å². The van der Waals surface area contributed by atoms with Crippen molar-refractivity contribution in [2.24, 2.45) is 0 Å². The van der Waals surface area contributed by atoms with E-state index in [4.69, 9.17) is 17.0 Å². The van der Waals surface area contributed by atoms with Crippen LogP contribution in [0.2, 0.25) is 0 Å². The van der Waals surface area contributed by atoms with Crippen molar-refractivity contribution in [2.45, 2.75) is 25.5 Å². The topological polar surface area (TPSA) is 24.5 Å². The highest BCUT2D eigenvalue weighted by molar-refractivity contribution is 9.10. The van der Waals surface area contributed by atoms with Gasteiger partial charge in [-0.25, -0.2) is 4.39 Å². The fraction of sp³-hybridized carbons (Fsp3) is 0.316. The van der Waals surface area contributed by atoms with Gasteiger partial charge in [0.1, 0.15) is 5.82 Å². The van der Waals surface area contributed by atoms with Crippen molar-refractivity contribution < 1.29 is 9.13 Å². The summed E-state index contributed by atoms with van der Waals surface area (Å²) < 4.78 is 19.9. The maximum atomic E-state index is 13.2. The Kier molecular flexibility index (Phi) is 6.39. The Morgan fingerprint density at radius 2 is 1.92 bits per heavy atom. The summed E-state index contributed by atoms with van der Waals surface area (Å²) in [5.41, 5.74) is 1.95. The van der Waals surface area contributed by atoms with Gasteiger partial charge in [-0.05, 0) is 67.0 Å². The van der Waals surface area contributed by atoms with Gasteiger partial charge in [0.2, 0.25) is 0 Å². The molecular formula is C19H20BrFN2OS. The second-order valence-electron chi connectivity index (χ2n) is 6.08. The van der Waals surface area contributed by atoms with E-state index in [9.17, 15) is 4.39 Å². The Labute approximate surface area is 161 Å². The average molecular weight is 423 g/mol. The van der Waals surface area contributed by atoms with Crippen LogP contribution in [-0.2, 0) is 11.3 Å². The van der Waals surface area contributed by atoms with Gasteiger partial charge in [0, 0.05) is 29.9 Å². The van der Waals surface area contributed by atoms with Crippen LogP contribution in [0.15, 0.2) is 53.0 Å². The molecule has 0 amide bonds. The molecule has 1 unspecified atom stereocenters. The van der Waals surface area contributed by atoms with Gasteiger partial charge in [0.25, 0.3) is 0 Å². The number of thiocarbonyl (C=S) groups is 1. The number of halogens is 2. The van der Waals surface area contributed by atoms with Gasteiger partial charge >= 0.3 is 0 Å². The average Bonchev–Trinajstić information content (AvgIpc) is 3.11. The minimum atomic E-state index is -0.231. The smallest absolute Gasteiger partial charge is 0.173 e. The van der Waals surface area contributed by atoms with Crippen molar-refractivity contribution in [1.82, 2.24) is 4.90 Å². The highest BCUT2D eigenvalue weighted by Gasteiger charge is 2.21. The zero-order valence-corrected chi connectivity index (χ0v) is 16.2. The van der Waals surface area contributed by atoms with Crippen molar-refractivity contribution in [3.8, 4) is 0 Å². The molecule has 1 heterocycles. The molecule has 0 bridgehead atoms. The molecule has 1 atom stereocenters. The summed E-state index contributed by atoms with van der Waals surface area (Å²) in [5.74, 6) is -0.231. The highest BCUT2D eigenvalue weighted by Crippen LogP contribution is 2.18. The van der Waals surface area contributed by atoms with Crippen LogP contribution in [0.5, 0.6) is 0 Å². The third kappa shape index (κ3) is 5.49. The molecule has 2 aromatic rings. The molecule has 0 saturated carbocycles. The summed E-state index contributed by atoms with van der Waals surface area (Å²) in [7, 11) is 0. The highest BCUT2D eigenvalue weighted by atomic mass is 79.9. The third-order valence-corrected chi connectivity index (χ3v) is 5.01. The van der Waals surface area contributed by atoms with E-state index < -0.39 is 0 Å². The lowest BCUT2D eigenvalue weighted by Gasteiger charge is -2.28. The molecule has 0 aliphatic carbocycles. The quantitative estimate of drug-likeness (QED) is 0.687. The van der Waals surface area contributed by atoms with Crippen molar-refractivity contribution in [2.75, 3.05) is 18.5 Å². The summed E-state index contributed by atoms with van der Waals surface area (Å²) in [6.45, 7) is 2.14. The summed E-state index contributed by atoms with van der Waals surface area (Å²) in [4.78, 5) is 2.08. The largest absolute Gasteiger partial charge is 0.376 e. The van der Waals surface area contributed by atoms with Gasteiger partial charge in [0.15, 0.2) is 5.11 Å². The zero-order chi connectivity index (χ0) is 17.6. The molecule has 3 nitrogen and oxygen atoms in total. The number of anilines is 1. The maximum absolute atomic E-state index is 13.2. The molecule has 1 saturated heterocycles. The molecule has 0 radical (unpaired) electrons. The monoisotopic (exact) mass is 422 g/mol. The fourth-order valence-electron chi connectivity index (χ4n) is 2.80. The van der Waals surface area contributed by atoms with Crippen LogP contribution in [0, 0.1) is 5.82 Å². The number of ether oxygens (including phenoxy) is 1. The lowest BCUT2D eigenvalue weighted by Crippen LogP contribution is -2.39. The van der Waals surface area contributed by atoms with Gasteiger partial charge in [-0.3, -0.25) is 0 Å². The minimum absolute atomic E-state index is 0.185. The summed E-state index contributed by atoms with van der Waals surface area (Å²) in [5, 5.41) is 3.92. The molecule has 0 aromatic heterocycles. The predicted molar refractivity (Wildman–Crippen MR) is 106 cm³/mol. The van der Waals surface area contributed by atoms with E-state index in [0.29, 0.717) is 11.7 Å². The second-order valence-corrected chi connectivity index (χ2v) is 7.38. The molecule has 1 N–H and O–H groups in total. The maximum Gasteiger partial charge on any atom is 0.173 e. The van der Waals surface area contributed by atoms with Crippen molar-refractivity contribution in [3.05, 3.63) is 64.4 Å². The standard InChI is InChI=1S/C19H20BrFN2OS/c20-15-5-9-17(10-6-15)22-19(25)23(13-18-2-1-11-24-18)12-14-3-7-16(21)8-4-14/h3-10,18H,1-2,11-13H2,(H,22,25). The van der Waals surface area contributed by atoms with Gasteiger partial charge in [0.05, 0.1) is 6.10 Å². The zero-order valence-electron chi connectivity index (χ0n) is 13.8. The molecular weight excluding hydrogens is 403 g/mol. The molecule has 2 aromatic carbocycles. The van der Waals surface area contributed by atoms with E-state index in [-0.39, 0.29) is 11.9 Å². The molecule has 6 heteroatoms. The third-order valence-electron chi connectivity index (χ3n) is 4.12. The van der Waals surface area contributed by atoms with E-state index in [1.807, 2.05) is 24.3 Å². The number of hydrogen-bond donors (Lipinski definition) is 1. The SMILES string of the molecule is Fc1ccc(CN(CC2CCCO2)C(=S)Nc2ccc(Br)cc2)cc1. The van der Waals surface area contributed by atoms with E-state index in [0.717, 1.165) is 41.7 Å². The van der Waals surface area contributed by atoms with Gasteiger partial charge in [-0.15, -0.1) is 0 Å². The summed E-state index contributed by atoms with van der Waals surface area (Å²) >= 11 is 9.05. The Hall–Kier alpha value is -1.50. The van der Waals surface area contributed by atoms with Crippen LogP contribution in [-0.4, -0.2) is 29.3 Å². The Morgan fingerprint density at radius 3 is 2.56 bits per heavy atom. The van der Waals surface area contributed by atoms with Crippen LogP contribution in [0.1, 0.15) is 18.4 Å². The molecule has 3 rings (SSSR count). The van der Waals surface area contributed by atoms with E-state index >= 15 is 0 Å². The number of nitrogens with zero attached hydrogens (tertiary/aromatic N) is 1. The van der Waals surface area contributed by atoms with Gasteiger partial charge in [-0.1, -0.05) is 28.1 Å². The van der Waals surface area contributed by atoms with E-state index in [2.05, 4.69) is 26.1 Å². The lowest BCUT2D eigenvalue weighted by molar-refractivity contribution is 0.0905. The Morgan fingerprint density at radius 1 is 1.20 bits per heavy atom. The fourth-order valence-corrected chi connectivity index (χ4v) is 3.32. The normalized spacial score (nSPS) is 16.6. The van der Waals surface area contributed by atoms with Crippen molar-refractivity contribution >= 4 is 38.9 Å². The number of hydrogen-bond acceptors (Lipinski definition) is 2. The Balaban J connectivity index is 1.70. The van der Waals surface area contributed by atoms with E-state index in [1.54, 1.807) is 12.1 Å². The van der Waals surface area contributed by atoms with Gasteiger partial charge < -0.3 is 15.0 Å².